The summed E-state index contributed by atoms with van der Waals surface area (Å²) in [6, 6.07) is 10.7. The van der Waals surface area contributed by atoms with Crippen LogP contribution in [0.25, 0.3) is 11.3 Å². The molecule has 3 rings (SSSR count). The molecule has 1 N–H and O–H groups in total. The number of aromatic amines is 1. The standard InChI is InChI=1S/C17H10F4N4O2/c18-12-5-11(16-15(8-22)23-25-24-16)6-14(7-12)26-9-10-1-3-13(4-2-10)27-17(19,20)21/h1-7H,9H2,(H,23,24,25). The lowest BCUT2D eigenvalue weighted by molar-refractivity contribution is -0.274. The average Bonchev–Trinajstić information content (AvgIpc) is 3.08. The largest absolute Gasteiger partial charge is 0.573 e. The van der Waals surface area contributed by atoms with Crippen LogP contribution >= 0.6 is 0 Å². The van der Waals surface area contributed by atoms with Crippen LogP contribution < -0.4 is 9.47 Å². The van der Waals surface area contributed by atoms with Crippen LogP contribution in [0.1, 0.15) is 11.3 Å². The fraction of sp³-hybridized carbons (Fsp3) is 0.118. The van der Waals surface area contributed by atoms with Gasteiger partial charge in [-0.05, 0) is 29.8 Å². The number of aromatic nitrogens is 3. The van der Waals surface area contributed by atoms with Crippen molar-refractivity contribution in [2.75, 3.05) is 0 Å². The maximum Gasteiger partial charge on any atom is 0.573 e. The molecule has 0 aliphatic heterocycles. The van der Waals surface area contributed by atoms with Crippen LogP contribution in [0.15, 0.2) is 42.5 Å². The van der Waals surface area contributed by atoms with Crippen LogP contribution in [-0.4, -0.2) is 21.8 Å². The zero-order valence-corrected chi connectivity index (χ0v) is 13.4. The summed E-state index contributed by atoms with van der Waals surface area (Å²) in [6.07, 6.45) is -4.76. The molecule has 138 valence electrons. The third-order valence-electron chi connectivity index (χ3n) is 3.37. The minimum Gasteiger partial charge on any atom is -0.489 e. The van der Waals surface area contributed by atoms with E-state index in [9.17, 15) is 17.6 Å². The first-order valence-corrected chi connectivity index (χ1v) is 7.43. The molecular formula is C17H10F4N4O2. The van der Waals surface area contributed by atoms with Crippen molar-refractivity contribution >= 4 is 0 Å². The molecule has 0 aliphatic carbocycles. The second-order valence-electron chi connectivity index (χ2n) is 5.30. The lowest BCUT2D eigenvalue weighted by atomic mass is 10.1. The van der Waals surface area contributed by atoms with Gasteiger partial charge in [0.15, 0.2) is 5.69 Å². The molecule has 0 radical (unpaired) electrons. The van der Waals surface area contributed by atoms with E-state index in [4.69, 9.17) is 10.00 Å². The van der Waals surface area contributed by atoms with Crippen molar-refractivity contribution in [3.8, 4) is 28.8 Å². The van der Waals surface area contributed by atoms with Crippen LogP contribution in [0.4, 0.5) is 17.6 Å². The Morgan fingerprint density at radius 3 is 2.48 bits per heavy atom. The highest BCUT2D eigenvalue weighted by atomic mass is 19.4. The molecule has 0 aliphatic rings. The number of nitrogens with zero attached hydrogens (tertiary/aromatic N) is 3. The quantitative estimate of drug-likeness (QED) is 0.680. The summed E-state index contributed by atoms with van der Waals surface area (Å²) in [5, 5.41) is 18.6. The van der Waals surface area contributed by atoms with Crippen LogP contribution in [-0.2, 0) is 6.61 Å². The van der Waals surface area contributed by atoms with E-state index in [0.717, 1.165) is 18.2 Å². The predicted octanol–water partition coefficient (Wildman–Crippen LogP) is 3.96. The highest BCUT2D eigenvalue weighted by molar-refractivity contribution is 5.65. The summed E-state index contributed by atoms with van der Waals surface area (Å²) >= 11 is 0. The number of nitriles is 1. The van der Waals surface area contributed by atoms with E-state index in [1.165, 1.54) is 24.3 Å². The Morgan fingerprint density at radius 1 is 1.07 bits per heavy atom. The van der Waals surface area contributed by atoms with Crippen molar-refractivity contribution in [2.24, 2.45) is 0 Å². The van der Waals surface area contributed by atoms with E-state index >= 15 is 0 Å². The van der Waals surface area contributed by atoms with Gasteiger partial charge in [0, 0.05) is 11.6 Å². The van der Waals surface area contributed by atoms with Gasteiger partial charge in [-0.15, -0.1) is 18.3 Å². The number of halogens is 4. The molecule has 1 heterocycles. The van der Waals surface area contributed by atoms with Crippen LogP contribution in [0.2, 0.25) is 0 Å². The number of hydrogen-bond acceptors (Lipinski definition) is 5. The first-order valence-electron chi connectivity index (χ1n) is 7.43. The maximum atomic E-state index is 13.8. The summed E-state index contributed by atoms with van der Waals surface area (Å²) in [7, 11) is 0. The van der Waals surface area contributed by atoms with Gasteiger partial charge in [-0.25, -0.2) is 9.49 Å². The Hall–Kier alpha value is -3.61. The SMILES string of the molecule is N#Cc1[nH]nnc1-c1cc(F)cc(OCc2ccc(OC(F)(F)F)cc2)c1. The van der Waals surface area contributed by atoms with E-state index in [-0.39, 0.29) is 29.5 Å². The molecule has 0 saturated carbocycles. The van der Waals surface area contributed by atoms with Gasteiger partial charge in [0.2, 0.25) is 0 Å². The monoisotopic (exact) mass is 378 g/mol. The molecule has 0 saturated heterocycles. The van der Waals surface area contributed by atoms with Crippen molar-refractivity contribution in [3.63, 3.8) is 0 Å². The van der Waals surface area contributed by atoms with Crippen molar-refractivity contribution in [1.29, 1.82) is 5.26 Å². The first kappa shape index (κ1) is 18.2. The van der Waals surface area contributed by atoms with E-state index in [0.29, 0.717) is 11.1 Å². The van der Waals surface area contributed by atoms with E-state index in [1.807, 2.05) is 6.07 Å². The molecule has 0 bridgehead atoms. The third kappa shape index (κ3) is 4.72. The molecule has 10 heteroatoms. The van der Waals surface area contributed by atoms with Crippen LogP contribution in [0.3, 0.4) is 0 Å². The fourth-order valence-electron chi connectivity index (χ4n) is 2.24. The topological polar surface area (TPSA) is 83.8 Å². The number of nitrogens with one attached hydrogen (secondary N) is 1. The molecule has 0 atom stereocenters. The average molecular weight is 378 g/mol. The Labute approximate surface area is 150 Å². The molecule has 2 aromatic carbocycles. The molecule has 27 heavy (non-hydrogen) atoms. The van der Waals surface area contributed by atoms with Crippen LogP contribution in [0.5, 0.6) is 11.5 Å². The fourth-order valence-corrected chi connectivity index (χ4v) is 2.24. The van der Waals surface area contributed by atoms with E-state index in [2.05, 4.69) is 20.1 Å². The normalized spacial score (nSPS) is 11.1. The summed E-state index contributed by atoms with van der Waals surface area (Å²) in [5.74, 6) is -0.801. The van der Waals surface area contributed by atoms with E-state index < -0.39 is 12.2 Å². The number of H-pyrrole nitrogens is 1. The van der Waals surface area contributed by atoms with Gasteiger partial charge in [-0.2, -0.15) is 5.26 Å². The minimum atomic E-state index is -4.76. The molecule has 0 unspecified atom stereocenters. The van der Waals surface area contributed by atoms with Gasteiger partial charge in [-0.3, -0.25) is 0 Å². The summed E-state index contributed by atoms with van der Waals surface area (Å²) in [5.41, 5.74) is 1.10. The number of ether oxygens (including phenoxy) is 2. The third-order valence-corrected chi connectivity index (χ3v) is 3.37. The summed E-state index contributed by atoms with van der Waals surface area (Å²) < 4.78 is 59.5. The first-order chi connectivity index (χ1) is 12.8. The zero-order valence-electron chi connectivity index (χ0n) is 13.4. The Bertz CT molecular complexity index is 978. The minimum absolute atomic E-state index is 0.0148. The van der Waals surface area contributed by atoms with Crippen molar-refractivity contribution < 1.29 is 27.0 Å². The lowest BCUT2D eigenvalue weighted by Gasteiger charge is -2.10. The number of rotatable bonds is 5. The smallest absolute Gasteiger partial charge is 0.489 e. The molecule has 1 aromatic heterocycles. The van der Waals surface area contributed by atoms with Gasteiger partial charge in [0.1, 0.15) is 35.7 Å². The van der Waals surface area contributed by atoms with Gasteiger partial charge in [-0.1, -0.05) is 17.3 Å². The second-order valence-corrected chi connectivity index (χ2v) is 5.30. The molecule has 0 fully saturated rings. The lowest BCUT2D eigenvalue weighted by Crippen LogP contribution is -2.17. The zero-order chi connectivity index (χ0) is 19.4. The Kier molecular flexibility index (Phi) is 4.94. The number of hydrogen-bond donors (Lipinski definition) is 1. The second kappa shape index (κ2) is 7.33. The van der Waals surface area contributed by atoms with Crippen molar-refractivity contribution in [2.45, 2.75) is 13.0 Å². The predicted molar refractivity (Wildman–Crippen MR) is 83.9 cm³/mol. The van der Waals surface area contributed by atoms with Crippen LogP contribution in [0, 0.1) is 17.1 Å². The summed E-state index contributed by atoms with van der Waals surface area (Å²) in [6.45, 7) is -0.0148. The highest BCUT2D eigenvalue weighted by Gasteiger charge is 2.30. The van der Waals surface area contributed by atoms with Gasteiger partial charge >= 0.3 is 6.36 Å². The van der Waals surface area contributed by atoms with E-state index in [1.54, 1.807) is 0 Å². The van der Waals surface area contributed by atoms with Crippen molar-refractivity contribution in [1.82, 2.24) is 15.4 Å². The van der Waals surface area contributed by atoms with Crippen molar-refractivity contribution in [3.05, 3.63) is 59.5 Å². The number of benzene rings is 2. The van der Waals surface area contributed by atoms with Gasteiger partial charge in [0.25, 0.3) is 0 Å². The summed E-state index contributed by atoms with van der Waals surface area (Å²) in [4.78, 5) is 0. The molecule has 0 amide bonds. The Balaban J connectivity index is 1.72. The van der Waals surface area contributed by atoms with Gasteiger partial charge < -0.3 is 9.47 Å². The molecule has 6 nitrogen and oxygen atoms in total. The molecule has 3 aromatic rings. The molecule has 0 spiro atoms. The molecular weight excluding hydrogens is 368 g/mol. The highest BCUT2D eigenvalue weighted by Crippen LogP contribution is 2.27. The van der Waals surface area contributed by atoms with Gasteiger partial charge in [0.05, 0.1) is 0 Å². The Morgan fingerprint density at radius 2 is 1.81 bits per heavy atom. The number of alkyl halides is 3. The maximum absolute atomic E-state index is 13.8.